The number of fused-ring (bicyclic) bond motifs is 1. The van der Waals surface area contributed by atoms with Gasteiger partial charge in [0.15, 0.2) is 0 Å². The molecule has 0 aliphatic carbocycles. The number of nitrogens with zero attached hydrogens (tertiary/aromatic N) is 2. The van der Waals surface area contributed by atoms with Crippen LogP contribution in [0.15, 0.2) is 42.6 Å². The summed E-state index contributed by atoms with van der Waals surface area (Å²) in [6, 6.07) is 12.0. The summed E-state index contributed by atoms with van der Waals surface area (Å²) in [5.74, 6) is 1.00. The zero-order valence-electron chi connectivity index (χ0n) is 14.4. The van der Waals surface area contributed by atoms with Crippen LogP contribution < -0.4 is 15.5 Å². The molecule has 0 bridgehead atoms. The van der Waals surface area contributed by atoms with Gasteiger partial charge in [0.05, 0.1) is 17.9 Å². The van der Waals surface area contributed by atoms with Crippen LogP contribution in [0.2, 0.25) is 0 Å². The van der Waals surface area contributed by atoms with Crippen molar-refractivity contribution in [3.05, 3.63) is 53.7 Å². The van der Waals surface area contributed by atoms with Crippen LogP contribution >= 0.6 is 0 Å². The molecule has 1 aromatic heterocycles. The molecule has 0 spiro atoms. The number of carbonyl (C=O) groups is 1. The maximum atomic E-state index is 12.6. The van der Waals surface area contributed by atoms with E-state index in [1.165, 1.54) is 30.4 Å². The average molecular weight is 336 g/mol. The second-order valence-electron chi connectivity index (χ2n) is 6.85. The van der Waals surface area contributed by atoms with E-state index >= 15 is 0 Å². The first-order chi connectivity index (χ1) is 12.3. The summed E-state index contributed by atoms with van der Waals surface area (Å²) < 4.78 is 0. The Kier molecular flexibility index (Phi) is 4.65. The van der Waals surface area contributed by atoms with Gasteiger partial charge in [0, 0.05) is 19.6 Å². The number of hydrogen-bond acceptors (Lipinski definition) is 4. The van der Waals surface area contributed by atoms with Gasteiger partial charge in [-0.2, -0.15) is 0 Å². The number of aromatic nitrogens is 1. The summed E-state index contributed by atoms with van der Waals surface area (Å²) >= 11 is 0. The highest BCUT2D eigenvalue weighted by atomic mass is 16.2. The van der Waals surface area contributed by atoms with Crippen molar-refractivity contribution >= 4 is 17.4 Å². The lowest BCUT2D eigenvalue weighted by molar-refractivity contribution is -0.118. The Labute approximate surface area is 148 Å². The lowest BCUT2D eigenvalue weighted by Gasteiger charge is -2.28. The Bertz CT molecular complexity index is 738. The number of nitrogens with one attached hydrogen (secondary N) is 2. The summed E-state index contributed by atoms with van der Waals surface area (Å²) in [6.45, 7) is 2.88. The van der Waals surface area contributed by atoms with Crippen molar-refractivity contribution in [3.8, 4) is 0 Å². The van der Waals surface area contributed by atoms with Crippen LogP contribution in [-0.2, 0) is 17.8 Å². The Hall–Kier alpha value is -2.40. The lowest BCUT2D eigenvalue weighted by atomic mass is 9.95. The van der Waals surface area contributed by atoms with Gasteiger partial charge < -0.3 is 15.5 Å². The van der Waals surface area contributed by atoms with E-state index in [4.69, 9.17) is 0 Å². The van der Waals surface area contributed by atoms with E-state index in [1.807, 2.05) is 24.3 Å². The molecule has 1 unspecified atom stereocenters. The Morgan fingerprint density at radius 2 is 1.88 bits per heavy atom. The number of piperidine rings is 1. The third kappa shape index (κ3) is 3.66. The number of anilines is 2. The highest BCUT2D eigenvalue weighted by Gasteiger charge is 2.24. The van der Waals surface area contributed by atoms with Gasteiger partial charge in [-0.1, -0.05) is 24.3 Å². The maximum absolute atomic E-state index is 12.6. The second-order valence-corrected chi connectivity index (χ2v) is 6.85. The van der Waals surface area contributed by atoms with Gasteiger partial charge in [-0.15, -0.1) is 0 Å². The molecule has 0 saturated carbocycles. The maximum Gasteiger partial charge on any atom is 0.241 e. The topological polar surface area (TPSA) is 57.3 Å². The fourth-order valence-corrected chi connectivity index (χ4v) is 3.64. The van der Waals surface area contributed by atoms with E-state index in [1.54, 1.807) is 6.20 Å². The molecule has 1 fully saturated rings. The van der Waals surface area contributed by atoms with Crippen LogP contribution in [0.25, 0.3) is 0 Å². The number of amides is 1. The number of benzene rings is 1. The van der Waals surface area contributed by atoms with Crippen molar-refractivity contribution in [2.75, 3.05) is 23.3 Å². The zero-order valence-corrected chi connectivity index (χ0v) is 14.4. The first-order valence-corrected chi connectivity index (χ1v) is 9.11. The molecular formula is C20H24N4O. The average Bonchev–Trinajstić information content (AvgIpc) is 2.69. The SMILES string of the molecule is O=C(Nc1ccc(N2CCCCC2)nc1)C1Cc2ccccc2CN1. The standard InChI is InChI=1S/C20H24N4O/c25-20(18-12-15-6-2-3-7-16(15)13-21-18)23-17-8-9-19(22-14-17)24-10-4-1-5-11-24/h2-3,6-9,14,18,21H,1,4-5,10-13H2,(H,23,25). The van der Waals surface area contributed by atoms with Crippen molar-refractivity contribution in [3.63, 3.8) is 0 Å². The van der Waals surface area contributed by atoms with Gasteiger partial charge in [-0.05, 0) is 48.9 Å². The number of rotatable bonds is 3. The fraction of sp³-hybridized carbons (Fsp3) is 0.400. The lowest BCUT2D eigenvalue weighted by Crippen LogP contribution is -2.44. The normalized spacial score (nSPS) is 20.0. The van der Waals surface area contributed by atoms with Crippen LogP contribution in [-0.4, -0.2) is 30.0 Å². The first-order valence-electron chi connectivity index (χ1n) is 9.11. The van der Waals surface area contributed by atoms with Gasteiger partial charge in [-0.25, -0.2) is 4.98 Å². The molecule has 130 valence electrons. The van der Waals surface area contributed by atoms with E-state index in [2.05, 4.69) is 32.7 Å². The van der Waals surface area contributed by atoms with Crippen molar-refractivity contribution < 1.29 is 4.79 Å². The summed E-state index contributed by atoms with van der Waals surface area (Å²) in [5, 5.41) is 6.31. The third-order valence-corrected chi connectivity index (χ3v) is 5.09. The predicted octanol–water partition coefficient (Wildman–Crippen LogP) is 2.72. The van der Waals surface area contributed by atoms with Crippen LogP contribution in [0.1, 0.15) is 30.4 Å². The molecule has 1 aromatic carbocycles. The van der Waals surface area contributed by atoms with Gasteiger partial charge in [-0.3, -0.25) is 4.79 Å². The van der Waals surface area contributed by atoms with Crippen LogP contribution in [0.5, 0.6) is 0 Å². The molecule has 1 amide bonds. The van der Waals surface area contributed by atoms with E-state index in [0.717, 1.165) is 37.6 Å². The minimum absolute atomic E-state index is 0.00188. The molecule has 5 nitrogen and oxygen atoms in total. The van der Waals surface area contributed by atoms with E-state index in [-0.39, 0.29) is 11.9 Å². The highest BCUT2D eigenvalue weighted by Crippen LogP contribution is 2.20. The molecule has 2 aromatic rings. The smallest absolute Gasteiger partial charge is 0.241 e. The molecule has 1 saturated heterocycles. The monoisotopic (exact) mass is 336 g/mol. The summed E-state index contributed by atoms with van der Waals surface area (Å²) in [5.41, 5.74) is 3.28. The van der Waals surface area contributed by atoms with Crippen LogP contribution in [0.3, 0.4) is 0 Å². The third-order valence-electron chi connectivity index (χ3n) is 5.09. The quantitative estimate of drug-likeness (QED) is 0.905. The van der Waals surface area contributed by atoms with E-state index in [9.17, 15) is 4.79 Å². The number of carbonyl (C=O) groups excluding carboxylic acids is 1. The van der Waals surface area contributed by atoms with Crippen LogP contribution in [0, 0.1) is 0 Å². The van der Waals surface area contributed by atoms with Gasteiger partial charge in [0.2, 0.25) is 5.91 Å². The molecule has 2 N–H and O–H groups in total. The van der Waals surface area contributed by atoms with Gasteiger partial charge in [0.1, 0.15) is 5.82 Å². The van der Waals surface area contributed by atoms with Crippen molar-refractivity contribution in [2.45, 2.75) is 38.3 Å². The van der Waals surface area contributed by atoms with Crippen molar-refractivity contribution in [2.24, 2.45) is 0 Å². The molecular weight excluding hydrogens is 312 g/mol. The first kappa shape index (κ1) is 16.1. The highest BCUT2D eigenvalue weighted by molar-refractivity contribution is 5.95. The number of pyridine rings is 1. The van der Waals surface area contributed by atoms with Gasteiger partial charge in [0.25, 0.3) is 0 Å². The molecule has 25 heavy (non-hydrogen) atoms. The minimum atomic E-state index is -0.198. The van der Waals surface area contributed by atoms with E-state index in [0.29, 0.717) is 0 Å². The molecule has 2 aliphatic rings. The minimum Gasteiger partial charge on any atom is -0.357 e. The van der Waals surface area contributed by atoms with Crippen molar-refractivity contribution in [1.29, 1.82) is 0 Å². The molecule has 5 heteroatoms. The molecule has 2 aliphatic heterocycles. The van der Waals surface area contributed by atoms with Crippen LogP contribution in [0.4, 0.5) is 11.5 Å². The Morgan fingerprint density at radius 1 is 1.08 bits per heavy atom. The van der Waals surface area contributed by atoms with Gasteiger partial charge >= 0.3 is 0 Å². The number of hydrogen-bond donors (Lipinski definition) is 2. The predicted molar refractivity (Wildman–Crippen MR) is 99.7 cm³/mol. The largest absolute Gasteiger partial charge is 0.357 e. The molecule has 1 atom stereocenters. The second kappa shape index (κ2) is 7.23. The summed E-state index contributed by atoms with van der Waals surface area (Å²) in [7, 11) is 0. The van der Waals surface area contributed by atoms with E-state index < -0.39 is 0 Å². The molecule has 3 heterocycles. The van der Waals surface area contributed by atoms with Crippen molar-refractivity contribution in [1.82, 2.24) is 10.3 Å². The Balaban J connectivity index is 1.38. The molecule has 4 rings (SSSR count). The zero-order chi connectivity index (χ0) is 17.1. The Morgan fingerprint density at radius 3 is 2.64 bits per heavy atom. The fourth-order valence-electron chi connectivity index (χ4n) is 3.64. The summed E-state index contributed by atoms with van der Waals surface area (Å²) in [6.07, 6.45) is 6.26. The molecule has 0 radical (unpaired) electrons. The summed E-state index contributed by atoms with van der Waals surface area (Å²) in [4.78, 5) is 19.4.